The first-order valence-electron chi connectivity index (χ1n) is 5.98. The normalized spacial score (nSPS) is 10.2. The highest BCUT2D eigenvalue weighted by molar-refractivity contribution is 6.30. The van der Waals surface area contributed by atoms with Gasteiger partial charge in [-0.1, -0.05) is 30.5 Å². The van der Waals surface area contributed by atoms with Crippen LogP contribution < -0.4 is 11.1 Å². The lowest BCUT2D eigenvalue weighted by Gasteiger charge is -2.05. The van der Waals surface area contributed by atoms with Crippen molar-refractivity contribution < 1.29 is 4.79 Å². The topological polar surface area (TPSA) is 55.1 Å². The molecule has 0 spiro atoms. The Labute approximate surface area is 107 Å². The second kappa shape index (κ2) is 8.09. The number of benzene rings is 1. The Morgan fingerprint density at radius 1 is 1.24 bits per heavy atom. The zero-order valence-electron chi connectivity index (χ0n) is 9.92. The number of hydrogen-bond donors (Lipinski definition) is 2. The van der Waals surface area contributed by atoms with Crippen molar-refractivity contribution in [3.05, 3.63) is 29.3 Å². The molecule has 1 aromatic carbocycles. The Balaban J connectivity index is 2.21. The largest absolute Gasteiger partial charge is 0.330 e. The Kier molecular flexibility index (Phi) is 6.67. The van der Waals surface area contributed by atoms with Gasteiger partial charge in [0.1, 0.15) is 0 Å². The summed E-state index contributed by atoms with van der Waals surface area (Å²) in [5.41, 5.74) is 6.15. The van der Waals surface area contributed by atoms with Crippen molar-refractivity contribution in [1.82, 2.24) is 0 Å². The first-order valence-corrected chi connectivity index (χ1v) is 6.35. The summed E-state index contributed by atoms with van der Waals surface area (Å²) in [5, 5.41) is 3.46. The molecule has 1 rings (SSSR count). The second-order valence-corrected chi connectivity index (χ2v) is 4.45. The van der Waals surface area contributed by atoms with Crippen LogP contribution in [0.25, 0.3) is 0 Å². The van der Waals surface area contributed by atoms with E-state index < -0.39 is 0 Å². The third-order valence-corrected chi connectivity index (χ3v) is 2.70. The van der Waals surface area contributed by atoms with Gasteiger partial charge >= 0.3 is 0 Å². The van der Waals surface area contributed by atoms with Crippen molar-refractivity contribution in [2.24, 2.45) is 5.73 Å². The molecule has 94 valence electrons. The lowest BCUT2D eigenvalue weighted by atomic mass is 10.1. The van der Waals surface area contributed by atoms with Crippen LogP contribution >= 0.6 is 11.6 Å². The van der Waals surface area contributed by atoms with E-state index in [0.29, 0.717) is 11.4 Å². The molecule has 0 atom stereocenters. The van der Waals surface area contributed by atoms with Gasteiger partial charge in [0.2, 0.25) is 5.91 Å². The number of hydrogen-bond acceptors (Lipinski definition) is 2. The zero-order valence-corrected chi connectivity index (χ0v) is 10.7. The number of nitrogens with one attached hydrogen (secondary N) is 1. The Morgan fingerprint density at radius 2 is 2.00 bits per heavy atom. The van der Waals surface area contributed by atoms with E-state index in [0.717, 1.165) is 37.9 Å². The SMILES string of the molecule is NCCCCCCC(=O)Nc1cccc(Cl)c1. The van der Waals surface area contributed by atoms with Gasteiger partial charge in [-0.25, -0.2) is 0 Å². The van der Waals surface area contributed by atoms with Crippen molar-refractivity contribution in [3.63, 3.8) is 0 Å². The summed E-state index contributed by atoms with van der Waals surface area (Å²) in [6.07, 6.45) is 4.65. The van der Waals surface area contributed by atoms with Gasteiger partial charge in [-0.15, -0.1) is 0 Å². The van der Waals surface area contributed by atoms with E-state index in [1.165, 1.54) is 0 Å². The minimum absolute atomic E-state index is 0.0417. The molecule has 3 nitrogen and oxygen atoms in total. The molecule has 0 radical (unpaired) electrons. The molecule has 3 N–H and O–H groups in total. The maximum absolute atomic E-state index is 11.6. The van der Waals surface area contributed by atoms with E-state index in [1.807, 2.05) is 12.1 Å². The number of unbranched alkanes of at least 4 members (excludes halogenated alkanes) is 3. The molecule has 0 aromatic heterocycles. The molecule has 0 fully saturated rings. The van der Waals surface area contributed by atoms with Gasteiger partial charge in [0.15, 0.2) is 0 Å². The lowest BCUT2D eigenvalue weighted by Crippen LogP contribution is -2.11. The summed E-state index contributed by atoms with van der Waals surface area (Å²) in [7, 11) is 0. The van der Waals surface area contributed by atoms with E-state index in [9.17, 15) is 4.79 Å². The maximum atomic E-state index is 11.6. The highest BCUT2D eigenvalue weighted by Crippen LogP contribution is 2.15. The highest BCUT2D eigenvalue weighted by atomic mass is 35.5. The molecule has 0 bridgehead atoms. The molecule has 1 aromatic rings. The van der Waals surface area contributed by atoms with Gasteiger partial charge < -0.3 is 11.1 Å². The summed E-state index contributed by atoms with van der Waals surface area (Å²) in [6, 6.07) is 7.18. The Morgan fingerprint density at radius 3 is 2.71 bits per heavy atom. The van der Waals surface area contributed by atoms with Crippen molar-refractivity contribution >= 4 is 23.2 Å². The molecule has 0 heterocycles. The Bertz CT molecular complexity index is 355. The number of carbonyl (C=O) groups is 1. The summed E-state index contributed by atoms with van der Waals surface area (Å²) < 4.78 is 0. The van der Waals surface area contributed by atoms with Gasteiger partial charge in [0.05, 0.1) is 0 Å². The summed E-state index contributed by atoms with van der Waals surface area (Å²) in [4.78, 5) is 11.6. The smallest absolute Gasteiger partial charge is 0.224 e. The predicted molar refractivity (Wildman–Crippen MR) is 72.2 cm³/mol. The van der Waals surface area contributed by atoms with Crippen LogP contribution in [0.4, 0.5) is 5.69 Å². The molecule has 0 unspecified atom stereocenters. The fourth-order valence-corrected chi connectivity index (χ4v) is 1.76. The average molecular weight is 255 g/mol. The fraction of sp³-hybridized carbons (Fsp3) is 0.462. The number of amides is 1. The van der Waals surface area contributed by atoms with E-state index in [-0.39, 0.29) is 5.91 Å². The molecule has 0 saturated heterocycles. The van der Waals surface area contributed by atoms with E-state index >= 15 is 0 Å². The van der Waals surface area contributed by atoms with Crippen molar-refractivity contribution in [2.45, 2.75) is 32.1 Å². The number of halogens is 1. The van der Waals surface area contributed by atoms with E-state index in [4.69, 9.17) is 17.3 Å². The van der Waals surface area contributed by atoms with Gasteiger partial charge in [-0.2, -0.15) is 0 Å². The van der Waals surface area contributed by atoms with Crippen LogP contribution in [0.1, 0.15) is 32.1 Å². The number of nitrogens with two attached hydrogens (primary N) is 1. The van der Waals surface area contributed by atoms with Gasteiger partial charge in [-0.05, 0) is 37.6 Å². The first kappa shape index (κ1) is 14.0. The molecule has 0 aliphatic heterocycles. The lowest BCUT2D eigenvalue weighted by molar-refractivity contribution is -0.116. The molecule has 0 saturated carbocycles. The predicted octanol–water partition coefficient (Wildman–Crippen LogP) is 3.19. The first-order chi connectivity index (χ1) is 8.22. The van der Waals surface area contributed by atoms with Crippen LogP contribution in [0.5, 0.6) is 0 Å². The third kappa shape index (κ3) is 6.29. The van der Waals surface area contributed by atoms with Crippen molar-refractivity contribution in [1.29, 1.82) is 0 Å². The molecular weight excluding hydrogens is 236 g/mol. The highest BCUT2D eigenvalue weighted by Gasteiger charge is 2.02. The third-order valence-electron chi connectivity index (χ3n) is 2.47. The van der Waals surface area contributed by atoms with Crippen LogP contribution in [0, 0.1) is 0 Å². The Hall–Kier alpha value is -1.06. The molecular formula is C13H19ClN2O. The summed E-state index contributed by atoms with van der Waals surface area (Å²) >= 11 is 5.83. The molecule has 0 aliphatic carbocycles. The van der Waals surface area contributed by atoms with Gasteiger partial charge in [-0.3, -0.25) is 4.79 Å². The van der Waals surface area contributed by atoms with Crippen molar-refractivity contribution in [2.75, 3.05) is 11.9 Å². The zero-order chi connectivity index (χ0) is 12.5. The fourth-order valence-electron chi connectivity index (χ4n) is 1.57. The van der Waals surface area contributed by atoms with Crippen LogP contribution in [0.15, 0.2) is 24.3 Å². The average Bonchev–Trinajstić information content (AvgIpc) is 2.29. The monoisotopic (exact) mass is 254 g/mol. The molecule has 1 amide bonds. The molecule has 0 aliphatic rings. The van der Waals surface area contributed by atoms with Crippen LogP contribution in [0.2, 0.25) is 5.02 Å². The van der Waals surface area contributed by atoms with Crippen LogP contribution in [-0.2, 0) is 4.79 Å². The van der Waals surface area contributed by atoms with Crippen LogP contribution in [-0.4, -0.2) is 12.5 Å². The summed E-state index contributed by atoms with van der Waals surface area (Å²) in [5.74, 6) is 0.0417. The summed E-state index contributed by atoms with van der Waals surface area (Å²) in [6.45, 7) is 0.731. The maximum Gasteiger partial charge on any atom is 0.224 e. The quantitative estimate of drug-likeness (QED) is 0.735. The minimum atomic E-state index is 0.0417. The van der Waals surface area contributed by atoms with E-state index in [1.54, 1.807) is 12.1 Å². The molecule has 4 heteroatoms. The van der Waals surface area contributed by atoms with E-state index in [2.05, 4.69) is 5.32 Å². The standard InChI is InChI=1S/C13H19ClN2O/c14-11-6-5-7-12(10-11)16-13(17)8-3-1-2-4-9-15/h5-7,10H,1-4,8-9,15H2,(H,16,17). The number of carbonyl (C=O) groups excluding carboxylic acids is 1. The van der Waals surface area contributed by atoms with Crippen molar-refractivity contribution in [3.8, 4) is 0 Å². The van der Waals surface area contributed by atoms with Crippen LogP contribution in [0.3, 0.4) is 0 Å². The minimum Gasteiger partial charge on any atom is -0.330 e. The molecule has 17 heavy (non-hydrogen) atoms. The van der Waals surface area contributed by atoms with Gasteiger partial charge in [0.25, 0.3) is 0 Å². The van der Waals surface area contributed by atoms with Gasteiger partial charge in [0, 0.05) is 17.1 Å². The second-order valence-electron chi connectivity index (χ2n) is 4.01. The number of anilines is 1. The number of rotatable bonds is 7.